The molecule has 1 N–H and O–H groups in total. The van der Waals surface area contributed by atoms with Crippen LogP contribution in [0, 0.1) is 13.8 Å². The summed E-state index contributed by atoms with van der Waals surface area (Å²) in [6.07, 6.45) is 4.55. The number of nitrogens with zero attached hydrogens (tertiary/aromatic N) is 3. The molecule has 2 heterocycles. The van der Waals surface area contributed by atoms with Crippen LogP contribution in [0.15, 0.2) is 47.4 Å². The molecular formula is C23H26N4OS. The van der Waals surface area contributed by atoms with E-state index < -0.39 is 0 Å². The van der Waals surface area contributed by atoms with Crippen LogP contribution in [0.4, 0.5) is 5.69 Å². The summed E-state index contributed by atoms with van der Waals surface area (Å²) in [6, 6.07) is 14.4. The predicted octanol–water partition coefficient (Wildman–Crippen LogP) is 5.02. The Morgan fingerprint density at radius 3 is 2.72 bits per heavy atom. The normalized spacial score (nSPS) is 13.6. The number of carbonyl (C=O) groups is 1. The van der Waals surface area contributed by atoms with Crippen LogP contribution in [-0.4, -0.2) is 26.4 Å². The molecule has 0 aliphatic carbocycles. The van der Waals surface area contributed by atoms with Gasteiger partial charge in [-0.15, -0.1) is 22.0 Å². The first kappa shape index (κ1) is 19.7. The summed E-state index contributed by atoms with van der Waals surface area (Å²) in [5.41, 5.74) is 4.09. The minimum atomic E-state index is -0.00380. The van der Waals surface area contributed by atoms with Crippen molar-refractivity contribution in [1.29, 1.82) is 0 Å². The molecule has 1 aromatic heterocycles. The first-order valence-electron chi connectivity index (χ1n) is 10.1. The number of aryl methyl sites for hydroxylation is 3. The zero-order valence-corrected chi connectivity index (χ0v) is 17.8. The number of nitrogens with one attached hydrogen (secondary N) is 1. The number of anilines is 1. The van der Waals surface area contributed by atoms with Gasteiger partial charge in [-0.1, -0.05) is 36.2 Å². The van der Waals surface area contributed by atoms with Gasteiger partial charge in [-0.05, 0) is 50.5 Å². The fraction of sp³-hybridized carbons (Fsp3) is 0.348. The van der Waals surface area contributed by atoms with Gasteiger partial charge in [-0.2, -0.15) is 0 Å². The van der Waals surface area contributed by atoms with Crippen molar-refractivity contribution in [1.82, 2.24) is 14.8 Å². The van der Waals surface area contributed by atoms with Crippen LogP contribution in [0.25, 0.3) is 11.4 Å². The Hall–Kier alpha value is -2.60. The highest BCUT2D eigenvalue weighted by Gasteiger charge is 2.17. The molecule has 29 heavy (non-hydrogen) atoms. The van der Waals surface area contributed by atoms with Gasteiger partial charge in [-0.25, -0.2) is 0 Å². The Labute approximate surface area is 175 Å². The summed E-state index contributed by atoms with van der Waals surface area (Å²) >= 11 is 1.55. The van der Waals surface area contributed by atoms with Crippen LogP contribution < -0.4 is 5.32 Å². The highest BCUT2D eigenvalue weighted by Crippen LogP contribution is 2.27. The third-order valence-electron chi connectivity index (χ3n) is 5.27. The maximum Gasteiger partial charge on any atom is 0.234 e. The maximum atomic E-state index is 12.5. The largest absolute Gasteiger partial charge is 0.325 e. The van der Waals surface area contributed by atoms with Gasteiger partial charge in [0, 0.05) is 29.1 Å². The van der Waals surface area contributed by atoms with Crippen LogP contribution in [0.5, 0.6) is 0 Å². The predicted molar refractivity (Wildman–Crippen MR) is 118 cm³/mol. The second-order valence-corrected chi connectivity index (χ2v) is 8.63. The monoisotopic (exact) mass is 406 g/mol. The summed E-state index contributed by atoms with van der Waals surface area (Å²) in [5, 5.41) is 11.9. The molecule has 1 aliphatic heterocycles. The lowest BCUT2D eigenvalue weighted by atomic mass is 10.1. The molecule has 0 saturated carbocycles. The first-order valence-corrected chi connectivity index (χ1v) is 11.1. The van der Waals surface area contributed by atoms with Crippen LogP contribution in [0.3, 0.4) is 0 Å². The van der Waals surface area contributed by atoms with Gasteiger partial charge in [0.05, 0.1) is 5.75 Å². The van der Waals surface area contributed by atoms with E-state index >= 15 is 0 Å². The Morgan fingerprint density at radius 1 is 1.07 bits per heavy atom. The van der Waals surface area contributed by atoms with Crippen molar-refractivity contribution in [3.05, 3.63) is 59.4 Å². The highest BCUT2D eigenvalue weighted by molar-refractivity contribution is 8.00. The Bertz CT molecular complexity index is 1010. The van der Waals surface area contributed by atoms with Gasteiger partial charge in [0.15, 0.2) is 5.82 Å². The molecule has 1 amide bonds. The van der Waals surface area contributed by atoms with Crippen molar-refractivity contribution in [2.45, 2.75) is 51.0 Å². The minimum absolute atomic E-state index is 0.00380. The van der Waals surface area contributed by atoms with E-state index in [0.717, 1.165) is 52.7 Å². The van der Waals surface area contributed by atoms with Crippen molar-refractivity contribution >= 4 is 23.4 Å². The average Bonchev–Trinajstić information content (AvgIpc) is 2.97. The fourth-order valence-corrected chi connectivity index (χ4v) is 4.26. The van der Waals surface area contributed by atoms with Gasteiger partial charge in [0.2, 0.25) is 5.91 Å². The molecule has 150 valence electrons. The zero-order valence-electron chi connectivity index (χ0n) is 16.9. The molecule has 0 saturated heterocycles. The van der Waals surface area contributed by atoms with E-state index in [1.807, 2.05) is 19.1 Å². The van der Waals surface area contributed by atoms with Gasteiger partial charge in [-0.3, -0.25) is 4.79 Å². The quantitative estimate of drug-likeness (QED) is 0.605. The third kappa shape index (κ3) is 4.70. The summed E-state index contributed by atoms with van der Waals surface area (Å²) in [7, 11) is 0. The molecule has 4 rings (SSSR count). The summed E-state index contributed by atoms with van der Waals surface area (Å²) in [5.74, 6) is 2.34. The standard InChI is InChI=1S/C23H26N4OS/c1-16-7-11-19(12-8-16)29-15-22(28)24-20-14-18(10-9-17(20)2)23-26-25-21-6-4-3-5-13-27(21)23/h7-12,14H,3-6,13,15H2,1-2H3,(H,24,28). The molecular weight excluding hydrogens is 380 g/mol. The van der Waals surface area contributed by atoms with E-state index in [2.05, 4.69) is 57.3 Å². The van der Waals surface area contributed by atoms with E-state index in [9.17, 15) is 4.79 Å². The van der Waals surface area contributed by atoms with E-state index in [-0.39, 0.29) is 5.91 Å². The van der Waals surface area contributed by atoms with Crippen LogP contribution in [0.2, 0.25) is 0 Å². The lowest BCUT2D eigenvalue weighted by Crippen LogP contribution is -2.15. The molecule has 0 spiro atoms. The van der Waals surface area contributed by atoms with Crippen molar-refractivity contribution in [2.75, 3.05) is 11.1 Å². The Kier molecular flexibility index (Phi) is 6.00. The molecule has 1 aliphatic rings. The van der Waals surface area contributed by atoms with Crippen molar-refractivity contribution < 1.29 is 4.79 Å². The van der Waals surface area contributed by atoms with E-state index in [1.54, 1.807) is 11.8 Å². The number of thioether (sulfide) groups is 1. The molecule has 6 heteroatoms. The zero-order chi connectivity index (χ0) is 20.2. The summed E-state index contributed by atoms with van der Waals surface area (Å²) in [4.78, 5) is 13.6. The summed E-state index contributed by atoms with van der Waals surface area (Å²) in [6.45, 7) is 5.03. The Morgan fingerprint density at radius 2 is 1.90 bits per heavy atom. The Balaban J connectivity index is 1.48. The van der Waals surface area contributed by atoms with E-state index in [1.165, 1.54) is 18.4 Å². The van der Waals surface area contributed by atoms with E-state index in [0.29, 0.717) is 5.75 Å². The third-order valence-corrected chi connectivity index (χ3v) is 6.28. The number of fused-ring (bicyclic) bond motifs is 1. The first-order chi connectivity index (χ1) is 14.1. The maximum absolute atomic E-state index is 12.5. The second-order valence-electron chi connectivity index (χ2n) is 7.58. The number of hydrogen-bond acceptors (Lipinski definition) is 4. The van der Waals surface area contributed by atoms with Crippen LogP contribution >= 0.6 is 11.8 Å². The molecule has 5 nitrogen and oxygen atoms in total. The molecule has 0 atom stereocenters. The SMILES string of the molecule is Cc1ccc(SCC(=O)Nc2cc(-c3nnc4n3CCCCC4)ccc2C)cc1. The number of rotatable bonds is 5. The molecule has 0 unspecified atom stereocenters. The van der Waals surface area contributed by atoms with Gasteiger partial charge >= 0.3 is 0 Å². The number of benzene rings is 2. The average molecular weight is 407 g/mol. The van der Waals surface area contributed by atoms with Gasteiger partial charge < -0.3 is 9.88 Å². The van der Waals surface area contributed by atoms with Gasteiger partial charge in [0.1, 0.15) is 5.82 Å². The van der Waals surface area contributed by atoms with Crippen LogP contribution in [0.1, 0.15) is 36.2 Å². The smallest absolute Gasteiger partial charge is 0.234 e. The van der Waals surface area contributed by atoms with Crippen molar-refractivity contribution in [2.24, 2.45) is 0 Å². The molecule has 0 fully saturated rings. The number of amides is 1. The fourth-order valence-electron chi connectivity index (χ4n) is 3.56. The minimum Gasteiger partial charge on any atom is -0.325 e. The number of carbonyl (C=O) groups excluding carboxylic acids is 1. The van der Waals surface area contributed by atoms with Crippen molar-refractivity contribution in [3.63, 3.8) is 0 Å². The summed E-state index contributed by atoms with van der Waals surface area (Å²) < 4.78 is 2.23. The van der Waals surface area contributed by atoms with E-state index in [4.69, 9.17) is 0 Å². The topological polar surface area (TPSA) is 59.8 Å². The number of aromatic nitrogens is 3. The van der Waals surface area contributed by atoms with Crippen molar-refractivity contribution in [3.8, 4) is 11.4 Å². The molecule has 2 aromatic carbocycles. The van der Waals surface area contributed by atoms with Gasteiger partial charge in [0.25, 0.3) is 0 Å². The lowest BCUT2D eigenvalue weighted by Gasteiger charge is -2.12. The highest BCUT2D eigenvalue weighted by atomic mass is 32.2. The van der Waals surface area contributed by atoms with Crippen LogP contribution in [-0.2, 0) is 17.8 Å². The molecule has 3 aromatic rings. The lowest BCUT2D eigenvalue weighted by molar-refractivity contribution is -0.113. The molecule has 0 bridgehead atoms. The number of hydrogen-bond donors (Lipinski definition) is 1. The molecule has 0 radical (unpaired) electrons. The second kappa shape index (κ2) is 8.82.